The average molecular weight is 630 g/mol. The zero-order valence-corrected chi connectivity index (χ0v) is 27.3. The van der Waals surface area contributed by atoms with Crippen LogP contribution < -0.4 is 10.2 Å². The Balaban J connectivity index is 1.02. The van der Waals surface area contributed by atoms with E-state index in [1.54, 1.807) is 6.07 Å². The highest BCUT2D eigenvalue weighted by atomic mass is 19.1. The maximum absolute atomic E-state index is 13.8. The van der Waals surface area contributed by atoms with Gasteiger partial charge in [-0.2, -0.15) is 0 Å². The molecule has 0 unspecified atom stereocenters. The van der Waals surface area contributed by atoms with Crippen molar-refractivity contribution in [3.8, 4) is 0 Å². The molecule has 2 aromatic carbocycles. The molecular formula is C37H48FN5O3. The highest BCUT2D eigenvalue weighted by Gasteiger charge is 2.51. The Kier molecular flexibility index (Phi) is 8.55. The van der Waals surface area contributed by atoms with Crippen LogP contribution in [0.25, 0.3) is 0 Å². The number of nitrogens with zero attached hydrogens (tertiary/aromatic N) is 4. The van der Waals surface area contributed by atoms with Crippen LogP contribution in [0.1, 0.15) is 79.5 Å². The van der Waals surface area contributed by atoms with E-state index >= 15 is 0 Å². The highest BCUT2D eigenvalue weighted by Crippen LogP contribution is 2.61. The number of piperazine rings is 2. The van der Waals surface area contributed by atoms with Gasteiger partial charge < -0.3 is 20.0 Å². The maximum Gasteiger partial charge on any atom is 0.255 e. The first kappa shape index (κ1) is 31.2. The SMILES string of the molecule is CC(C)N1CCN(c2ccc(C(=O)N3CCN(C(=O)CC45CC6CC(CC(C6)C4)C5)CC3)cc2NC(=O)c2ccc(F)cc2)CC1. The van der Waals surface area contributed by atoms with E-state index in [4.69, 9.17) is 0 Å². The number of halogens is 1. The molecule has 4 aliphatic carbocycles. The molecule has 2 saturated heterocycles. The second-order valence-corrected chi connectivity index (χ2v) is 15.1. The van der Waals surface area contributed by atoms with Crippen molar-refractivity contribution in [2.24, 2.45) is 23.2 Å². The van der Waals surface area contributed by atoms with Crippen LogP contribution in [0, 0.1) is 29.0 Å². The molecule has 246 valence electrons. The van der Waals surface area contributed by atoms with E-state index in [0.29, 0.717) is 55.5 Å². The first-order valence-corrected chi connectivity index (χ1v) is 17.4. The summed E-state index contributed by atoms with van der Waals surface area (Å²) in [4.78, 5) is 49.0. The van der Waals surface area contributed by atoms with Crippen molar-refractivity contribution in [2.45, 2.75) is 64.8 Å². The molecule has 8 nitrogen and oxygen atoms in total. The molecule has 2 heterocycles. The molecule has 4 saturated carbocycles. The molecule has 46 heavy (non-hydrogen) atoms. The summed E-state index contributed by atoms with van der Waals surface area (Å²) in [6, 6.07) is 11.5. The summed E-state index contributed by atoms with van der Waals surface area (Å²) in [6.45, 7) is 9.96. The normalized spacial score (nSPS) is 27.7. The van der Waals surface area contributed by atoms with Crippen LogP contribution in [0.15, 0.2) is 42.5 Å². The number of carbonyl (C=O) groups excluding carboxylic acids is 3. The number of benzene rings is 2. The molecule has 2 aliphatic heterocycles. The van der Waals surface area contributed by atoms with E-state index in [-0.39, 0.29) is 23.1 Å². The van der Waals surface area contributed by atoms with Gasteiger partial charge in [-0.25, -0.2) is 4.39 Å². The van der Waals surface area contributed by atoms with Gasteiger partial charge >= 0.3 is 0 Å². The number of anilines is 2. The van der Waals surface area contributed by atoms with Crippen molar-refractivity contribution in [3.05, 3.63) is 59.4 Å². The molecule has 6 fully saturated rings. The first-order valence-electron chi connectivity index (χ1n) is 17.4. The van der Waals surface area contributed by atoms with Crippen molar-refractivity contribution in [1.82, 2.24) is 14.7 Å². The minimum atomic E-state index is -0.401. The zero-order valence-electron chi connectivity index (χ0n) is 27.3. The summed E-state index contributed by atoms with van der Waals surface area (Å²) in [5.74, 6) is 1.91. The lowest BCUT2D eigenvalue weighted by Crippen LogP contribution is -2.53. The molecular weight excluding hydrogens is 581 g/mol. The molecule has 1 N–H and O–H groups in total. The van der Waals surface area contributed by atoms with Gasteiger partial charge in [0, 0.05) is 75.9 Å². The summed E-state index contributed by atoms with van der Waals surface area (Å²) in [7, 11) is 0. The molecule has 4 bridgehead atoms. The van der Waals surface area contributed by atoms with Crippen molar-refractivity contribution >= 4 is 29.1 Å². The molecule has 0 aromatic heterocycles. The van der Waals surface area contributed by atoms with Crippen molar-refractivity contribution in [3.63, 3.8) is 0 Å². The minimum absolute atomic E-state index is 0.0957. The Bertz CT molecular complexity index is 1420. The van der Waals surface area contributed by atoms with E-state index in [9.17, 15) is 18.8 Å². The lowest BCUT2D eigenvalue weighted by Gasteiger charge is -2.57. The lowest BCUT2D eigenvalue weighted by atomic mass is 9.49. The molecule has 0 spiro atoms. The summed E-state index contributed by atoms with van der Waals surface area (Å²) < 4.78 is 13.5. The Morgan fingerprint density at radius 3 is 1.93 bits per heavy atom. The van der Waals surface area contributed by atoms with Gasteiger partial charge in [0.25, 0.3) is 11.8 Å². The number of rotatable bonds is 7. The number of hydrogen-bond acceptors (Lipinski definition) is 5. The highest BCUT2D eigenvalue weighted by molar-refractivity contribution is 6.07. The van der Waals surface area contributed by atoms with Crippen molar-refractivity contribution in [2.75, 3.05) is 62.6 Å². The third-order valence-corrected chi connectivity index (χ3v) is 11.6. The van der Waals surface area contributed by atoms with Gasteiger partial charge in [-0.15, -0.1) is 0 Å². The second kappa shape index (κ2) is 12.6. The van der Waals surface area contributed by atoms with Crippen LogP contribution in [-0.4, -0.2) is 90.8 Å². The molecule has 9 heteroatoms. The molecule has 0 atom stereocenters. The quantitative estimate of drug-likeness (QED) is 0.438. The van der Waals surface area contributed by atoms with Gasteiger partial charge in [-0.05, 0) is 118 Å². The largest absolute Gasteiger partial charge is 0.367 e. The Labute approximate surface area is 272 Å². The Morgan fingerprint density at radius 2 is 1.35 bits per heavy atom. The zero-order chi connectivity index (χ0) is 32.0. The Hall–Kier alpha value is -3.46. The van der Waals surface area contributed by atoms with Gasteiger partial charge in [0.15, 0.2) is 0 Å². The number of hydrogen-bond donors (Lipinski definition) is 1. The van der Waals surface area contributed by atoms with Crippen LogP contribution in [0.2, 0.25) is 0 Å². The molecule has 0 radical (unpaired) electrons. The average Bonchev–Trinajstić information content (AvgIpc) is 3.04. The smallest absolute Gasteiger partial charge is 0.255 e. The van der Waals surface area contributed by atoms with Gasteiger partial charge in [0.05, 0.1) is 11.4 Å². The molecule has 3 amide bonds. The monoisotopic (exact) mass is 629 g/mol. The maximum atomic E-state index is 13.8. The van der Waals surface area contributed by atoms with Gasteiger partial charge in [-0.3, -0.25) is 19.3 Å². The van der Waals surface area contributed by atoms with Crippen LogP contribution in [-0.2, 0) is 4.79 Å². The van der Waals surface area contributed by atoms with E-state index in [0.717, 1.165) is 49.6 Å². The first-order chi connectivity index (χ1) is 22.1. The van der Waals surface area contributed by atoms with Crippen molar-refractivity contribution in [1.29, 1.82) is 0 Å². The number of carbonyl (C=O) groups is 3. The molecule has 2 aromatic rings. The van der Waals surface area contributed by atoms with Gasteiger partial charge in [0.1, 0.15) is 5.82 Å². The van der Waals surface area contributed by atoms with E-state index in [2.05, 4.69) is 29.0 Å². The van der Waals surface area contributed by atoms with Crippen LogP contribution in [0.5, 0.6) is 0 Å². The minimum Gasteiger partial charge on any atom is -0.367 e. The third kappa shape index (κ3) is 6.40. The summed E-state index contributed by atoms with van der Waals surface area (Å²) in [5.41, 5.74) is 2.52. The summed E-state index contributed by atoms with van der Waals surface area (Å²) >= 11 is 0. The third-order valence-electron chi connectivity index (χ3n) is 11.6. The van der Waals surface area contributed by atoms with Crippen LogP contribution in [0.3, 0.4) is 0 Å². The topological polar surface area (TPSA) is 76.2 Å². The standard InChI is InChI=1S/C37H48FN5O3/c1-25(2)40-9-11-41(12-10-40)33-8-5-30(20-32(33)39-35(45)29-3-6-31(38)7-4-29)36(46)43-15-13-42(14-16-43)34(44)24-37-21-26-17-27(22-37)19-28(18-26)23-37/h3-8,20,25-28H,9-19,21-24H2,1-2H3,(H,39,45). The van der Waals surface area contributed by atoms with E-state index in [1.807, 2.05) is 21.9 Å². The molecule has 8 rings (SSSR count). The van der Waals surface area contributed by atoms with E-state index in [1.165, 1.54) is 62.8 Å². The molecule has 6 aliphatic rings. The second-order valence-electron chi connectivity index (χ2n) is 15.1. The fourth-order valence-electron chi connectivity index (χ4n) is 9.60. The number of nitrogens with one attached hydrogen (secondary N) is 1. The lowest BCUT2D eigenvalue weighted by molar-refractivity contribution is -0.141. The van der Waals surface area contributed by atoms with Gasteiger partial charge in [0.2, 0.25) is 5.91 Å². The summed E-state index contributed by atoms with van der Waals surface area (Å²) in [5, 5.41) is 3.02. The van der Waals surface area contributed by atoms with Crippen LogP contribution in [0.4, 0.5) is 15.8 Å². The predicted octanol–water partition coefficient (Wildman–Crippen LogP) is 5.50. The van der Waals surface area contributed by atoms with Crippen molar-refractivity contribution < 1.29 is 18.8 Å². The number of amides is 3. The predicted molar refractivity (Wildman–Crippen MR) is 177 cm³/mol. The summed E-state index contributed by atoms with van der Waals surface area (Å²) in [6.07, 6.45) is 8.49. The fraction of sp³-hybridized carbons (Fsp3) is 0.595. The van der Waals surface area contributed by atoms with E-state index < -0.39 is 5.82 Å². The van der Waals surface area contributed by atoms with Gasteiger partial charge in [-0.1, -0.05) is 0 Å². The fourth-order valence-corrected chi connectivity index (χ4v) is 9.60. The Morgan fingerprint density at radius 1 is 0.783 bits per heavy atom. The van der Waals surface area contributed by atoms with Crippen LogP contribution >= 0.6 is 0 Å².